The van der Waals surface area contributed by atoms with Crippen LogP contribution in [0.25, 0.3) is 0 Å². The van der Waals surface area contributed by atoms with Crippen molar-refractivity contribution in [2.24, 2.45) is 0 Å². The van der Waals surface area contributed by atoms with Crippen molar-refractivity contribution in [1.29, 1.82) is 0 Å². The van der Waals surface area contributed by atoms with Crippen LogP contribution in [0, 0.1) is 22.9 Å². The number of nitro groups is 1. The number of hydrogen-bond acceptors (Lipinski definition) is 8. The average molecular weight is 373 g/mol. The van der Waals surface area contributed by atoms with E-state index in [-0.39, 0.29) is 24.1 Å². The van der Waals surface area contributed by atoms with Gasteiger partial charge in [0, 0.05) is 11.8 Å². The molecule has 0 aliphatic rings. The Morgan fingerprint density at radius 3 is 2.70 bits per heavy atom. The monoisotopic (exact) mass is 373 g/mol. The van der Waals surface area contributed by atoms with Gasteiger partial charge in [0.2, 0.25) is 11.8 Å². The number of nitrogens with zero attached hydrogens (tertiary/aromatic N) is 4. The number of aromatic amines is 1. The third-order valence-electron chi connectivity index (χ3n) is 3.68. The van der Waals surface area contributed by atoms with Crippen molar-refractivity contribution in [3.63, 3.8) is 0 Å². The van der Waals surface area contributed by atoms with Crippen molar-refractivity contribution >= 4 is 23.3 Å². The fraction of sp³-hybridized carbons (Fsp3) is 0.188. The second-order valence-electron chi connectivity index (χ2n) is 5.68. The number of hydrogen-bond donors (Lipinski definition) is 4. The smallest absolute Gasteiger partial charge is 0.330 e. The number of halogens is 1. The lowest BCUT2D eigenvalue weighted by Gasteiger charge is -2.17. The van der Waals surface area contributed by atoms with Gasteiger partial charge in [-0.25, -0.2) is 9.37 Å². The number of aliphatic hydroxyl groups is 1. The summed E-state index contributed by atoms with van der Waals surface area (Å²) in [7, 11) is 0. The highest BCUT2D eigenvalue weighted by Gasteiger charge is 2.20. The molecule has 1 aromatic carbocycles. The van der Waals surface area contributed by atoms with Crippen LogP contribution in [0.2, 0.25) is 0 Å². The molecule has 0 spiro atoms. The molecule has 3 aromatic rings. The largest absolute Gasteiger partial charge is 0.394 e. The van der Waals surface area contributed by atoms with Crippen LogP contribution >= 0.6 is 0 Å². The molecule has 0 radical (unpaired) electrons. The van der Waals surface area contributed by atoms with Crippen molar-refractivity contribution in [1.82, 2.24) is 20.2 Å². The van der Waals surface area contributed by atoms with Gasteiger partial charge in [-0.15, -0.1) is 0 Å². The van der Waals surface area contributed by atoms with Crippen LogP contribution in [0.15, 0.2) is 36.5 Å². The molecule has 0 bridgehead atoms. The molecule has 3 rings (SSSR count). The Hall–Kier alpha value is -3.60. The SMILES string of the molecule is Cc1cc(Nc2nc(N[C@@H](CO)c3ccc(F)cc3)ncc2[N+](=O)[O-])n[nH]1. The standard InChI is InChI=1S/C16H16FN7O3/c1-9-6-14(23-22-9)20-15-13(24(26)27)7-18-16(21-15)19-12(8-25)10-2-4-11(17)5-3-10/h2-7,12,25H,8H2,1H3,(H3,18,19,20,21,22,23)/t12-/m0/s1. The molecule has 0 saturated heterocycles. The maximum Gasteiger partial charge on any atom is 0.330 e. The zero-order valence-corrected chi connectivity index (χ0v) is 14.2. The van der Waals surface area contributed by atoms with E-state index in [1.165, 1.54) is 24.3 Å². The summed E-state index contributed by atoms with van der Waals surface area (Å²) in [5, 5.41) is 33.1. The number of aliphatic hydroxyl groups excluding tert-OH is 1. The summed E-state index contributed by atoms with van der Waals surface area (Å²) in [6, 6.07) is 6.61. The highest BCUT2D eigenvalue weighted by Crippen LogP contribution is 2.26. The fourth-order valence-corrected chi connectivity index (χ4v) is 2.36. The van der Waals surface area contributed by atoms with Crippen LogP contribution in [-0.4, -0.2) is 36.8 Å². The molecule has 4 N–H and O–H groups in total. The second kappa shape index (κ2) is 7.74. The summed E-state index contributed by atoms with van der Waals surface area (Å²) >= 11 is 0. The summed E-state index contributed by atoms with van der Waals surface area (Å²) in [5.41, 5.74) is 1.05. The lowest BCUT2D eigenvalue weighted by molar-refractivity contribution is -0.384. The molecule has 140 valence electrons. The molecule has 2 aromatic heterocycles. The van der Waals surface area contributed by atoms with E-state index in [2.05, 4.69) is 30.8 Å². The molecule has 0 aliphatic heterocycles. The summed E-state index contributed by atoms with van der Waals surface area (Å²) in [6.07, 6.45) is 1.05. The number of aromatic nitrogens is 4. The van der Waals surface area contributed by atoms with Crippen LogP contribution in [0.5, 0.6) is 0 Å². The van der Waals surface area contributed by atoms with Crippen molar-refractivity contribution in [3.8, 4) is 0 Å². The molecule has 11 heteroatoms. The third kappa shape index (κ3) is 4.33. The molecular formula is C16H16FN7O3. The molecule has 0 fully saturated rings. The van der Waals surface area contributed by atoms with Gasteiger partial charge in [0.1, 0.15) is 12.0 Å². The molecule has 0 aliphatic carbocycles. The van der Waals surface area contributed by atoms with E-state index in [9.17, 15) is 19.6 Å². The van der Waals surface area contributed by atoms with Crippen LogP contribution < -0.4 is 10.6 Å². The minimum absolute atomic E-state index is 0.0544. The zero-order valence-electron chi connectivity index (χ0n) is 14.2. The van der Waals surface area contributed by atoms with E-state index in [0.29, 0.717) is 11.4 Å². The number of aryl methyl sites for hydroxylation is 1. The third-order valence-corrected chi connectivity index (χ3v) is 3.68. The van der Waals surface area contributed by atoms with Crippen molar-refractivity contribution in [2.75, 3.05) is 17.2 Å². The first-order valence-corrected chi connectivity index (χ1v) is 7.89. The summed E-state index contributed by atoms with van der Waals surface area (Å²) < 4.78 is 13.1. The van der Waals surface area contributed by atoms with Gasteiger partial charge in [-0.2, -0.15) is 10.1 Å². The Bertz CT molecular complexity index is 945. The van der Waals surface area contributed by atoms with Gasteiger partial charge in [-0.05, 0) is 24.6 Å². The van der Waals surface area contributed by atoms with Gasteiger partial charge in [0.05, 0.1) is 17.6 Å². The Morgan fingerprint density at radius 2 is 2.11 bits per heavy atom. The van der Waals surface area contributed by atoms with E-state index in [1.54, 1.807) is 13.0 Å². The van der Waals surface area contributed by atoms with Crippen molar-refractivity contribution < 1.29 is 14.4 Å². The quantitative estimate of drug-likeness (QED) is 0.365. The highest BCUT2D eigenvalue weighted by molar-refractivity contribution is 5.64. The predicted octanol–water partition coefficient (Wildman–Crippen LogP) is 2.44. The highest BCUT2D eigenvalue weighted by atomic mass is 19.1. The maximum atomic E-state index is 13.1. The van der Waals surface area contributed by atoms with E-state index in [4.69, 9.17) is 0 Å². The van der Waals surface area contributed by atoms with Crippen molar-refractivity contribution in [2.45, 2.75) is 13.0 Å². The normalized spacial score (nSPS) is 11.8. The van der Waals surface area contributed by atoms with Crippen LogP contribution in [0.1, 0.15) is 17.3 Å². The first-order chi connectivity index (χ1) is 13.0. The Labute approximate surface area is 152 Å². The summed E-state index contributed by atoms with van der Waals surface area (Å²) in [4.78, 5) is 18.6. The Kier molecular flexibility index (Phi) is 5.22. The van der Waals surface area contributed by atoms with Crippen LogP contribution in [-0.2, 0) is 0 Å². The Morgan fingerprint density at radius 1 is 1.37 bits per heavy atom. The molecule has 27 heavy (non-hydrogen) atoms. The predicted molar refractivity (Wildman–Crippen MR) is 95.1 cm³/mol. The maximum absolute atomic E-state index is 13.1. The first-order valence-electron chi connectivity index (χ1n) is 7.89. The topological polar surface area (TPSA) is 142 Å². The Balaban J connectivity index is 1.87. The minimum Gasteiger partial charge on any atom is -0.394 e. The van der Waals surface area contributed by atoms with Gasteiger partial charge in [0.25, 0.3) is 0 Å². The van der Waals surface area contributed by atoms with E-state index < -0.39 is 16.8 Å². The van der Waals surface area contributed by atoms with Gasteiger partial charge < -0.3 is 15.7 Å². The number of benzene rings is 1. The molecule has 0 amide bonds. The van der Waals surface area contributed by atoms with Gasteiger partial charge in [-0.1, -0.05) is 12.1 Å². The molecule has 0 saturated carbocycles. The molecule has 1 atom stereocenters. The van der Waals surface area contributed by atoms with Gasteiger partial charge >= 0.3 is 5.69 Å². The summed E-state index contributed by atoms with van der Waals surface area (Å²) in [6.45, 7) is 1.47. The molecule has 10 nitrogen and oxygen atoms in total. The molecule has 0 unspecified atom stereocenters. The van der Waals surface area contributed by atoms with E-state index in [0.717, 1.165) is 11.9 Å². The lowest BCUT2D eigenvalue weighted by Crippen LogP contribution is -2.17. The zero-order chi connectivity index (χ0) is 19.4. The van der Waals surface area contributed by atoms with Gasteiger partial charge in [0.15, 0.2) is 5.82 Å². The van der Waals surface area contributed by atoms with E-state index >= 15 is 0 Å². The number of anilines is 3. The summed E-state index contributed by atoms with van der Waals surface area (Å²) in [5.74, 6) is -0.0428. The number of H-pyrrole nitrogens is 1. The average Bonchev–Trinajstić information content (AvgIpc) is 3.05. The fourth-order valence-electron chi connectivity index (χ4n) is 2.36. The minimum atomic E-state index is -0.618. The lowest BCUT2D eigenvalue weighted by atomic mass is 10.1. The second-order valence-corrected chi connectivity index (χ2v) is 5.68. The first kappa shape index (κ1) is 18.2. The molecule has 2 heterocycles. The molecular weight excluding hydrogens is 357 g/mol. The van der Waals surface area contributed by atoms with Crippen LogP contribution in [0.3, 0.4) is 0 Å². The van der Waals surface area contributed by atoms with Crippen LogP contribution in [0.4, 0.5) is 27.7 Å². The van der Waals surface area contributed by atoms with E-state index in [1.807, 2.05) is 0 Å². The number of rotatable bonds is 7. The van der Waals surface area contributed by atoms with Crippen molar-refractivity contribution in [3.05, 3.63) is 63.7 Å². The van der Waals surface area contributed by atoms with Gasteiger partial charge in [-0.3, -0.25) is 15.2 Å². The number of nitrogens with one attached hydrogen (secondary N) is 3.